The first-order chi connectivity index (χ1) is 11.6. The van der Waals surface area contributed by atoms with Crippen molar-refractivity contribution in [3.8, 4) is 0 Å². The zero-order valence-corrected chi connectivity index (χ0v) is 17.0. The van der Waals surface area contributed by atoms with E-state index in [2.05, 4.69) is 15.0 Å². The normalized spacial score (nSPS) is 21.5. The van der Waals surface area contributed by atoms with Crippen molar-refractivity contribution >= 4 is 69.6 Å². The topological polar surface area (TPSA) is 47.9 Å². The molecule has 0 aliphatic carbocycles. The number of hydrogen-bond acceptors (Lipinski definition) is 4. The molecule has 4 nitrogen and oxygen atoms in total. The third-order valence-corrected chi connectivity index (χ3v) is 4.73. The molecule has 2 atom stereocenters. The molecule has 1 aromatic carbocycles. The van der Waals surface area contributed by atoms with Gasteiger partial charge in [-0.3, -0.25) is 0 Å². The summed E-state index contributed by atoms with van der Waals surface area (Å²) in [5, 5.41) is 0. The van der Waals surface area contributed by atoms with Gasteiger partial charge in [0.25, 0.3) is 0 Å². The van der Waals surface area contributed by atoms with Crippen molar-refractivity contribution in [1.82, 2.24) is 15.0 Å². The van der Waals surface area contributed by atoms with Crippen LogP contribution >= 0.6 is 69.6 Å². The summed E-state index contributed by atoms with van der Waals surface area (Å²) in [7, 11) is 0. The molecule has 0 bridgehead atoms. The molecule has 25 heavy (non-hydrogen) atoms. The van der Waals surface area contributed by atoms with Gasteiger partial charge in [0, 0.05) is 5.92 Å². The average Bonchev–Trinajstić information content (AvgIpc) is 3.04. The molecule has 0 radical (unpaired) electrons. The number of hydrogen-bond donors (Lipinski definition) is 0. The van der Waals surface area contributed by atoms with Crippen LogP contribution in [0.25, 0.3) is 0 Å². The van der Waals surface area contributed by atoms with Crippen molar-refractivity contribution in [3.63, 3.8) is 0 Å². The molecule has 2 heterocycles. The van der Waals surface area contributed by atoms with E-state index in [0.717, 1.165) is 0 Å². The molecule has 0 N–H and O–H groups in total. The van der Waals surface area contributed by atoms with E-state index in [0.29, 0.717) is 13.0 Å². The van der Waals surface area contributed by atoms with E-state index in [9.17, 15) is 0 Å². The first-order valence-corrected chi connectivity index (χ1v) is 9.48. The molecule has 1 saturated heterocycles. The Morgan fingerprint density at radius 1 is 0.840 bits per heavy atom. The molecule has 0 amide bonds. The molecule has 0 spiro atoms. The van der Waals surface area contributed by atoms with Crippen LogP contribution in [-0.2, 0) is 12.3 Å². The van der Waals surface area contributed by atoms with Gasteiger partial charge in [-0.15, -0.1) is 0 Å². The fraction of sp³-hybridized carbons (Fsp3) is 0.400. The maximum absolute atomic E-state index is 5.89. The van der Waals surface area contributed by atoms with E-state index in [-0.39, 0.29) is 23.4 Å². The summed E-state index contributed by atoms with van der Waals surface area (Å²) in [6.45, 7) is 0.520. The third-order valence-electron chi connectivity index (χ3n) is 3.72. The highest BCUT2D eigenvalue weighted by molar-refractivity contribution is 6.67. The second-order valence-corrected chi connectivity index (χ2v) is 10.1. The van der Waals surface area contributed by atoms with Crippen LogP contribution in [0.5, 0.6) is 0 Å². The molecule has 10 heteroatoms. The molecular weight excluding hydrogens is 451 g/mol. The second-order valence-electron chi connectivity index (χ2n) is 5.50. The molecule has 2 unspecified atom stereocenters. The zero-order valence-electron chi connectivity index (χ0n) is 12.5. The molecular formula is C15H11Cl6N3O. The van der Waals surface area contributed by atoms with Crippen LogP contribution in [-0.4, -0.2) is 21.6 Å². The van der Waals surface area contributed by atoms with E-state index in [1.165, 1.54) is 5.56 Å². The Balaban J connectivity index is 1.92. The average molecular weight is 462 g/mol. The van der Waals surface area contributed by atoms with Crippen LogP contribution in [0.4, 0.5) is 0 Å². The van der Waals surface area contributed by atoms with Gasteiger partial charge in [0.1, 0.15) is 6.10 Å². The minimum absolute atomic E-state index is 0.115. The lowest BCUT2D eigenvalue weighted by Gasteiger charge is -2.17. The quantitative estimate of drug-likeness (QED) is 0.532. The minimum atomic E-state index is -1.88. The number of rotatable bonds is 2. The first-order valence-electron chi connectivity index (χ1n) is 7.21. The van der Waals surface area contributed by atoms with Crippen LogP contribution < -0.4 is 0 Å². The molecule has 1 fully saturated rings. The fourth-order valence-electron chi connectivity index (χ4n) is 2.55. The van der Waals surface area contributed by atoms with Crippen LogP contribution in [0.2, 0.25) is 0 Å². The first kappa shape index (κ1) is 19.7. The van der Waals surface area contributed by atoms with Gasteiger partial charge in [-0.25, -0.2) is 15.0 Å². The van der Waals surface area contributed by atoms with Gasteiger partial charge >= 0.3 is 0 Å². The summed E-state index contributed by atoms with van der Waals surface area (Å²) < 4.78 is 2.08. The standard InChI is InChI=1S/C15H11Cl6N3O/c16-14(17,18)12-22-11(23-13(24-12)15(19,20)21)10-6-9(7-25-10)8-4-2-1-3-5-8/h1-5,9-10H,6-7H2. The highest BCUT2D eigenvalue weighted by Gasteiger charge is 2.37. The SMILES string of the molecule is ClC(Cl)(Cl)c1nc(C2CC(c3ccccc3)CO2)nc(C(Cl)(Cl)Cl)n1. The number of aromatic nitrogens is 3. The van der Waals surface area contributed by atoms with Crippen molar-refractivity contribution in [3.05, 3.63) is 53.4 Å². The van der Waals surface area contributed by atoms with Crippen molar-refractivity contribution in [1.29, 1.82) is 0 Å². The molecule has 1 aliphatic heterocycles. The van der Waals surface area contributed by atoms with Crippen LogP contribution in [0.1, 0.15) is 41.5 Å². The second kappa shape index (κ2) is 7.51. The molecule has 3 rings (SSSR count). The van der Waals surface area contributed by atoms with E-state index in [4.69, 9.17) is 74.3 Å². The minimum Gasteiger partial charge on any atom is -0.370 e. The van der Waals surface area contributed by atoms with E-state index < -0.39 is 13.7 Å². The Morgan fingerprint density at radius 3 is 1.92 bits per heavy atom. The molecule has 2 aromatic rings. The van der Waals surface area contributed by atoms with Crippen molar-refractivity contribution in [2.24, 2.45) is 0 Å². The van der Waals surface area contributed by atoms with E-state index in [1.807, 2.05) is 30.3 Å². The lowest BCUT2D eigenvalue weighted by molar-refractivity contribution is 0.103. The van der Waals surface area contributed by atoms with Crippen LogP contribution in [0.3, 0.4) is 0 Å². The fourth-order valence-corrected chi connectivity index (χ4v) is 3.06. The highest BCUT2D eigenvalue weighted by Crippen LogP contribution is 2.42. The Kier molecular flexibility index (Phi) is 5.91. The summed E-state index contributed by atoms with van der Waals surface area (Å²) in [5.41, 5.74) is 1.17. The maximum atomic E-state index is 5.89. The lowest BCUT2D eigenvalue weighted by Crippen LogP contribution is -2.19. The van der Waals surface area contributed by atoms with Crippen molar-refractivity contribution in [2.45, 2.75) is 26.0 Å². The van der Waals surface area contributed by atoms with E-state index >= 15 is 0 Å². The Morgan fingerprint density at radius 2 is 1.40 bits per heavy atom. The summed E-state index contributed by atoms with van der Waals surface area (Å²) >= 11 is 35.4. The summed E-state index contributed by atoms with van der Waals surface area (Å²) in [5.74, 6) is 0.248. The number of halogens is 6. The van der Waals surface area contributed by atoms with Gasteiger partial charge in [0.2, 0.25) is 7.59 Å². The predicted molar refractivity (Wildman–Crippen MR) is 101 cm³/mol. The number of benzene rings is 1. The number of ether oxygens (including phenoxy) is 1. The molecule has 134 valence electrons. The van der Waals surface area contributed by atoms with Crippen LogP contribution in [0, 0.1) is 0 Å². The van der Waals surface area contributed by atoms with Gasteiger partial charge in [0.15, 0.2) is 17.5 Å². The molecule has 1 aromatic heterocycles. The van der Waals surface area contributed by atoms with Crippen LogP contribution in [0.15, 0.2) is 30.3 Å². The third kappa shape index (κ3) is 4.81. The van der Waals surface area contributed by atoms with Gasteiger partial charge < -0.3 is 4.74 Å². The highest BCUT2D eigenvalue weighted by atomic mass is 35.6. The van der Waals surface area contributed by atoms with Gasteiger partial charge in [0.05, 0.1) is 6.61 Å². The smallest absolute Gasteiger partial charge is 0.250 e. The van der Waals surface area contributed by atoms with E-state index in [1.54, 1.807) is 0 Å². The monoisotopic (exact) mass is 459 g/mol. The van der Waals surface area contributed by atoms with Gasteiger partial charge in [-0.1, -0.05) is 99.9 Å². The number of nitrogens with zero attached hydrogens (tertiary/aromatic N) is 3. The maximum Gasteiger partial charge on any atom is 0.250 e. The summed E-state index contributed by atoms with van der Waals surface area (Å²) in [6.07, 6.45) is 0.248. The van der Waals surface area contributed by atoms with Crippen molar-refractivity contribution in [2.75, 3.05) is 6.61 Å². The van der Waals surface area contributed by atoms with Crippen molar-refractivity contribution < 1.29 is 4.74 Å². The lowest BCUT2D eigenvalue weighted by atomic mass is 9.96. The Bertz CT molecular complexity index is 715. The Hall–Kier alpha value is -0.0700. The largest absolute Gasteiger partial charge is 0.370 e. The molecule has 1 aliphatic rings. The Labute approximate surface area is 174 Å². The van der Waals surface area contributed by atoms with Gasteiger partial charge in [-0.2, -0.15) is 0 Å². The van der Waals surface area contributed by atoms with Gasteiger partial charge in [-0.05, 0) is 12.0 Å². The summed E-state index contributed by atoms with van der Waals surface area (Å²) in [6, 6.07) is 10.0. The molecule has 0 saturated carbocycles. The number of alkyl halides is 6. The zero-order chi connectivity index (χ0) is 18.2. The predicted octanol–water partition coefficient (Wildman–Crippen LogP) is 5.77. The summed E-state index contributed by atoms with van der Waals surface area (Å²) in [4.78, 5) is 12.4.